The minimum atomic E-state index is -0.296. The fraction of sp³-hybridized carbons (Fsp3) is 0.192. The number of halogens is 1. The number of hydrogen-bond acceptors (Lipinski definition) is 6. The number of fused-ring (bicyclic) bond motifs is 2. The van der Waals surface area contributed by atoms with Crippen molar-refractivity contribution >= 4 is 17.4 Å². The molecule has 0 aliphatic carbocycles. The third-order valence-electron chi connectivity index (χ3n) is 6.36. The molecule has 10 heteroatoms. The summed E-state index contributed by atoms with van der Waals surface area (Å²) in [7, 11) is 0. The van der Waals surface area contributed by atoms with Gasteiger partial charge in [0.15, 0.2) is 17.3 Å². The zero-order valence-corrected chi connectivity index (χ0v) is 19.6. The SMILES string of the molecule is Cc1nn(-c2ccc3nnc(C)n3n2)c2c1[C@@H](c1ccc(OCc3ccccc3F)cc1)CC(=O)N2. The van der Waals surface area contributed by atoms with Crippen LogP contribution in [0.25, 0.3) is 11.5 Å². The van der Waals surface area contributed by atoms with Gasteiger partial charge in [-0.3, -0.25) is 4.79 Å². The lowest BCUT2D eigenvalue weighted by atomic mass is 9.86. The summed E-state index contributed by atoms with van der Waals surface area (Å²) in [5.41, 5.74) is 3.83. The number of carbonyl (C=O) groups is 1. The topological polar surface area (TPSA) is 99.2 Å². The molecule has 180 valence electrons. The summed E-state index contributed by atoms with van der Waals surface area (Å²) in [6.07, 6.45) is 0.298. The van der Waals surface area contributed by atoms with E-state index in [-0.39, 0.29) is 24.2 Å². The first kappa shape index (κ1) is 21.9. The van der Waals surface area contributed by atoms with Crippen molar-refractivity contribution in [3.8, 4) is 11.6 Å². The molecule has 5 aromatic rings. The van der Waals surface area contributed by atoms with Crippen molar-refractivity contribution in [2.75, 3.05) is 5.32 Å². The zero-order valence-electron chi connectivity index (χ0n) is 19.6. The van der Waals surface area contributed by atoms with Crippen molar-refractivity contribution < 1.29 is 13.9 Å². The number of carbonyl (C=O) groups excluding carboxylic acids is 1. The molecule has 1 aliphatic rings. The lowest BCUT2D eigenvalue weighted by Crippen LogP contribution is -2.25. The first-order valence-corrected chi connectivity index (χ1v) is 11.5. The molecule has 1 aliphatic heterocycles. The van der Waals surface area contributed by atoms with Crippen LogP contribution in [0.3, 0.4) is 0 Å². The number of aromatic nitrogens is 6. The van der Waals surface area contributed by atoms with Crippen molar-refractivity contribution in [1.82, 2.24) is 29.6 Å². The Bertz CT molecular complexity index is 1610. The zero-order chi connectivity index (χ0) is 24.8. The van der Waals surface area contributed by atoms with E-state index in [9.17, 15) is 9.18 Å². The Kier molecular flexibility index (Phi) is 5.21. The number of anilines is 1. The molecule has 1 N–H and O–H groups in total. The monoisotopic (exact) mass is 483 g/mol. The van der Waals surface area contributed by atoms with Gasteiger partial charge in [-0.1, -0.05) is 30.3 Å². The van der Waals surface area contributed by atoms with E-state index in [1.54, 1.807) is 33.5 Å². The second-order valence-electron chi connectivity index (χ2n) is 8.72. The Labute approximate surface area is 205 Å². The predicted octanol–water partition coefficient (Wildman–Crippen LogP) is 4.12. The molecule has 0 saturated carbocycles. The summed E-state index contributed by atoms with van der Waals surface area (Å²) in [5, 5.41) is 20.4. The van der Waals surface area contributed by atoms with Gasteiger partial charge in [-0.2, -0.15) is 14.3 Å². The van der Waals surface area contributed by atoms with Crippen LogP contribution in [0, 0.1) is 19.7 Å². The highest BCUT2D eigenvalue weighted by atomic mass is 19.1. The van der Waals surface area contributed by atoms with Gasteiger partial charge < -0.3 is 10.1 Å². The molecule has 1 atom stereocenters. The maximum Gasteiger partial charge on any atom is 0.226 e. The van der Waals surface area contributed by atoms with Crippen molar-refractivity contribution in [2.45, 2.75) is 32.8 Å². The Balaban J connectivity index is 1.31. The summed E-state index contributed by atoms with van der Waals surface area (Å²) >= 11 is 0. The molecule has 4 heterocycles. The van der Waals surface area contributed by atoms with E-state index >= 15 is 0 Å². The normalized spacial score (nSPS) is 15.1. The van der Waals surface area contributed by atoms with E-state index in [0.29, 0.717) is 40.8 Å². The minimum Gasteiger partial charge on any atom is -0.489 e. The molecule has 6 rings (SSSR count). The largest absolute Gasteiger partial charge is 0.489 e. The van der Waals surface area contributed by atoms with Gasteiger partial charge >= 0.3 is 0 Å². The number of ether oxygens (including phenoxy) is 1. The number of benzene rings is 2. The molecule has 0 saturated heterocycles. The fourth-order valence-electron chi connectivity index (χ4n) is 4.57. The number of hydrogen-bond donors (Lipinski definition) is 1. The number of rotatable bonds is 5. The highest BCUT2D eigenvalue weighted by Gasteiger charge is 2.33. The predicted molar refractivity (Wildman–Crippen MR) is 130 cm³/mol. The van der Waals surface area contributed by atoms with Gasteiger partial charge in [0, 0.05) is 23.5 Å². The molecule has 1 amide bonds. The summed E-state index contributed by atoms with van der Waals surface area (Å²) in [6.45, 7) is 3.88. The third-order valence-corrected chi connectivity index (χ3v) is 6.36. The molecular formula is C26H22FN7O2. The molecule has 0 fully saturated rings. The van der Waals surface area contributed by atoms with Gasteiger partial charge in [0.1, 0.15) is 24.0 Å². The van der Waals surface area contributed by atoms with Crippen LogP contribution < -0.4 is 10.1 Å². The molecule has 3 aromatic heterocycles. The van der Waals surface area contributed by atoms with Crippen molar-refractivity contribution in [2.24, 2.45) is 0 Å². The lowest BCUT2D eigenvalue weighted by Gasteiger charge is -2.24. The summed E-state index contributed by atoms with van der Waals surface area (Å²) < 4.78 is 22.9. The lowest BCUT2D eigenvalue weighted by molar-refractivity contribution is -0.116. The smallest absolute Gasteiger partial charge is 0.226 e. The first-order valence-electron chi connectivity index (χ1n) is 11.5. The van der Waals surface area contributed by atoms with Crippen LogP contribution in [0.5, 0.6) is 5.75 Å². The van der Waals surface area contributed by atoms with E-state index in [2.05, 4.69) is 20.6 Å². The highest BCUT2D eigenvalue weighted by Crippen LogP contribution is 2.40. The molecule has 9 nitrogen and oxygen atoms in total. The first-order chi connectivity index (χ1) is 17.5. The number of nitrogens with zero attached hydrogens (tertiary/aromatic N) is 6. The van der Waals surface area contributed by atoms with Crippen LogP contribution in [0.15, 0.2) is 60.7 Å². The molecule has 2 aromatic carbocycles. The van der Waals surface area contributed by atoms with Crippen LogP contribution in [0.2, 0.25) is 0 Å². The van der Waals surface area contributed by atoms with Gasteiger partial charge in [0.05, 0.1) is 5.69 Å². The van der Waals surface area contributed by atoms with Crippen molar-refractivity contribution in [3.63, 3.8) is 0 Å². The van der Waals surface area contributed by atoms with Crippen LogP contribution in [-0.2, 0) is 11.4 Å². The maximum absolute atomic E-state index is 13.9. The average Bonchev–Trinajstić information content (AvgIpc) is 3.42. The quantitative estimate of drug-likeness (QED) is 0.404. The van der Waals surface area contributed by atoms with Gasteiger partial charge in [-0.05, 0) is 49.7 Å². The molecule has 36 heavy (non-hydrogen) atoms. The Morgan fingerprint density at radius 3 is 2.64 bits per heavy atom. The molecule has 0 spiro atoms. The van der Waals surface area contributed by atoms with Crippen molar-refractivity contribution in [3.05, 3.63) is 94.7 Å². The van der Waals surface area contributed by atoms with Gasteiger partial charge in [0.2, 0.25) is 5.91 Å². The van der Waals surface area contributed by atoms with Gasteiger partial charge in [-0.25, -0.2) is 4.39 Å². The molecule has 0 bridgehead atoms. The second kappa shape index (κ2) is 8.56. The Hall–Kier alpha value is -4.60. The van der Waals surface area contributed by atoms with E-state index in [0.717, 1.165) is 16.8 Å². The minimum absolute atomic E-state index is 0.102. The maximum atomic E-state index is 13.9. The summed E-state index contributed by atoms with van der Waals surface area (Å²) in [6, 6.07) is 17.7. The molecule has 0 unspecified atom stereocenters. The highest BCUT2D eigenvalue weighted by molar-refractivity contribution is 5.95. The number of aryl methyl sites for hydroxylation is 2. The summed E-state index contributed by atoms with van der Waals surface area (Å²) in [5.74, 6) is 1.85. The second-order valence-corrected chi connectivity index (χ2v) is 8.72. The third kappa shape index (κ3) is 3.76. The van der Waals surface area contributed by atoms with Crippen LogP contribution in [0.4, 0.5) is 10.2 Å². The fourth-order valence-corrected chi connectivity index (χ4v) is 4.57. The van der Waals surface area contributed by atoms with Gasteiger partial charge in [0.25, 0.3) is 0 Å². The van der Waals surface area contributed by atoms with Gasteiger partial charge in [-0.15, -0.1) is 15.3 Å². The summed E-state index contributed by atoms with van der Waals surface area (Å²) in [4.78, 5) is 12.7. The van der Waals surface area contributed by atoms with E-state index in [4.69, 9.17) is 9.84 Å². The van der Waals surface area contributed by atoms with E-state index in [1.807, 2.05) is 44.2 Å². The molecular weight excluding hydrogens is 461 g/mol. The number of nitrogens with one attached hydrogen (secondary N) is 1. The van der Waals surface area contributed by atoms with Crippen LogP contribution in [-0.4, -0.2) is 35.5 Å². The Morgan fingerprint density at radius 1 is 1.03 bits per heavy atom. The van der Waals surface area contributed by atoms with Crippen molar-refractivity contribution in [1.29, 1.82) is 0 Å². The van der Waals surface area contributed by atoms with Crippen LogP contribution in [0.1, 0.15) is 40.5 Å². The number of amides is 1. The van der Waals surface area contributed by atoms with E-state index in [1.165, 1.54) is 6.07 Å². The average molecular weight is 484 g/mol. The molecule has 0 radical (unpaired) electrons. The van der Waals surface area contributed by atoms with Crippen LogP contribution >= 0.6 is 0 Å². The Morgan fingerprint density at radius 2 is 1.83 bits per heavy atom. The standard InChI is InChI=1S/C26H22FN7O2/c1-15-25-20(17-7-9-19(10-8-17)36-14-18-5-3-4-6-21(18)27)13-24(35)28-26(25)34(31-15)23-12-11-22-30-29-16(2)33(22)32-23/h3-12,20H,13-14H2,1-2H3,(H,28,35)/t20-/m1/s1. The van der Waals surface area contributed by atoms with E-state index < -0.39 is 0 Å².